The molecule has 3 rings (SSSR count). The fourth-order valence-corrected chi connectivity index (χ4v) is 4.87. The van der Waals surface area contributed by atoms with Crippen LogP contribution in [0.25, 0.3) is 0 Å². The van der Waals surface area contributed by atoms with E-state index in [1.54, 1.807) is 11.3 Å². The predicted molar refractivity (Wildman–Crippen MR) is 111 cm³/mol. The molecule has 0 atom stereocenters. The molecule has 1 heterocycles. The van der Waals surface area contributed by atoms with Gasteiger partial charge < -0.3 is 15.4 Å². The molecule has 1 aliphatic carbocycles. The summed E-state index contributed by atoms with van der Waals surface area (Å²) < 4.78 is 6.06. The van der Waals surface area contributed by atoms with Crippen molar-refractivity contribution < 1.29 is 9.53 Å². The molecule has 0 amide bonds. The number of methoxy groups -OCH3 is 1. The number of carbonyl (C=O) groups excluding carboxylic acids is 1. The van der Waals surface area contributed by atoms with E-state index in [1.807, 2.05) is 24.3 Å². The number of para-hydroxylation sites is 1. The van der Waals surface area contributed by atoms with E-state index in [2.05, 4.69) is 33.2 Å². The highest BCUT2D eigenvalue weighted by Gasteiger charge is 2.26. The lowest BCUT2D eigenvalue weighted by molar-refractivity contribution is 0.0601. The Labute approximate surface area is 164 Å². The first-order chi connectivity index (χ1) is 11.6. The molecule has 1 aromatic carbocycles. The zero-order chi connectivity index (χ0) is 17.1. The standard InChI is InChI=1S/C17H17IN2O2S2/c1-22-16(21)14-10-6-2-5-9-13(10)24-15(14)20-17(23)19-12-8-4-3-7-11(12)18/h3-4,7-8H,2,5-6,9H2,1H3,(H2,19,20,23). The van der Waals surface area contributed by atoms with Crippen LogP contribution in [0.1, 0.15) is 33.6 Å². The summed E-state index contributed by atoms with van der Waals surface area (Å²) in [6.07, 6.45) is 4.22. The first-order valence-corrected chi connectivity index (χ1v) is 9.96. The van der Waals surface area contributed by atoms with E-state index < -0.39 is 0 Å². The lowest BCUT2D eigenvalue weighted by Crippen LogP contribution is -2.20. The number of hydrogen-bond acceptors (Lipinski definition) is 4. The van der Waals surface area contributed by atoms with Crippen LogP contribution >= 0.6 is 46.1 Å². The van der Waals surface area contributed by atoms with Crippen LogP contribution in [-0.2, 0) is 17.6 Å². The Balaban J connectivity index is 1.84. The molecular formula is C17H17IN2O2S2. The van der Waals surface area contributed by atoms with Gasteiger partial charge >= 0.3 is 5.97 Å². The van der Waals surface area contributed by atoms with Crippen LogP contribution in [0.2, 0.25) is 0 Å². The summed E-state index contributed by atoms with van der Waals surface area (Å²) >= 11 is 9.29. The Kier molecular flexibility index (Phi) is 5.72. The second kappa shape index (κ2) is 7.79. The van der Waals surface area contributed by atoms with Crippen molar-refractivity contribution in [3.05, 3.63) is 43.8 Å². The number of carbonyl (C=O) groups is 1. The first-order valence-electron chi connectivity index (χ1n) is 7.65. The maximum Gasteiger partial charge on any atom is 0.341 e. The van der Waals surface area contributed by atoms with Crippen molar-refractivity contribution in [3.8, 4) is 0 Å². The number of thiocarbonyl (C=S) groups is 1. The highest BCUT2D eigenvalue weighted by molar-refractivity contribution is 14.1. The molecule has 0 unspecified atom stereocenters. The van der Waals surface area contributed by atoms with Crippen molar-refractivity contribution in [3.63, 3.8) is 0 Å². The largest absolute Gasteiger partial charge is 0.465 e. The average molecular weight is 472 g/mol. The Morgan fingerprint density at radius 3 is 2.75 bits per heavy atom. The van der Waals surface area contributed by atoms with Crippen LogP contribution in [0.3, 0.4) is 0 Å². The quantitative estimate of drug-likeness (QED) is 0.381. The maximum atomic E-state index is 12.2. The second-order valence-corrected chi connectivity index (χ2v) is 8.14. The molecule has 1 aromatic heterocycles. The number of ether oxygens (including phenoxy) is 1. The van der Waals surface area contributed by atoms with Crippen LogP contribution in [0.4, 0.5) is 10.7 Å². The molecule has 0 spiro atoms. The van der Waals surface area contributed by atoms with Crippen LogP contribution in [0.5, 0.6) is 0 Å². The molecule has 0 saturated heterocycles. The second-order valence-electron chi connectivity index (χ2n) is 5.47. The predicted octanol–water partition coefficient (Wildman–Crippen LogP) is 4.83. The number of aryl methyl sites for hydroxylation is 1. The monoisotopic (exact) mass is 472 g/mol. The molecule has 0 saturated carbocycles. The lowest BCUT2D eigenvalue weighted by atomic mass is 9.95. The zero-order valence-electron chi connectivity index (χ0n) is 13.1. The van der Waals surface area contributed by atoms with E-state index in [0.29, 0.717) is 10.7 Å². The molecule has 24 heavy (non-hydrogen) atoms. The number of esters is 1. The van der Waals surface area contributed by atoms with Gasteiger partial charge in [0.05, 0.1) is 18.4 Å². The fraction of sp³-hybridized carbons (Fsp3) is 0.294. The van der Waals surface area contributed by atoms with Gasteiger partial charge in [-0.25, -0.2) is 4.79 Å². The fourth-order valence-electron chi connectivity index (χ4n) is 2.79. The summed E-state index contributed by atoms with van der Waals surface area (Å²) in [4.78, 5) is 13.5. The minimum atomic E-state index is -0.297. The summed E-state index contributed by atoms with van der Waals surface area (Å²) in [6, 6.07) is 7.91. The van der Waals surface area contributed by atoms with Gasteiger partial charge in [-0.1, -0.05) is 12.1 Å². The van der Waals surface area contributed by atoms with Gasteiger partial charge in [-0.2, -0.15) is 0 Å². The molecule has 7 heteroatoms. The van der Waals surface area contributed by atoms with Gasteiger partial charge in [-0.05, 0) is 78.2 Å². The number of thiophene rings is 1. The third-order valence-corrected chi connectivity index (χ3v) is 6.26. The van der Waals surface area contributed by atoms with E-state index in [0.717, 1.165) is 39.1 Å². The van der Waals surface area contributed by atoms with Crippen molar-refractivity contribution in [1.82, 2.24) is 0 Å². The third kappa shape index (κ3) is 3.73. The molecule has 2 N–H and O–H groups in total. The molecule has 0 radical (unpaired) electrons. The Bertz CT molecular complexity index is 789. The van der Waals surface area contributed by atoms with E-state index >= 15 is 0 Å². The SMILES string of the molecule is COC(=O)c1c(NC(=S)Nc2ccccc2I)sc2c1CCCC2. The molecule has 4 nitrogen and oxygen atoms in total. The molecule has 0 bridgehead atoms. The van der Waals surface area contributed by atoms with Crippen molar-refractivity contribution in [1.29, 1.82) is 0 Å². The number of halogens is 1. The number of nitrogens with one attached hydrogen (secondary N) is 2. The van der Waals surface area contributed by atoms with Gasteiger partial charge in [0.1, 0.15) is 5.00 Å². The highest BCUT2D eigenvalue weighted by atomic mass is 127. The van der Waals surface area contributed by atoms with Crippen LogP contribution < -0.4 is 10.6 Å². The van der Waals surface area contributed by atoms with E-state index in [9.17, 15) is 4.79 Å². The Morgan fingerprint density at radius 2 is 2.00 bits per heavy atom. The van der Waals surface area contributed by atoms with Gasteiger partial charge in [0.2, 0.25) is 0 Å². The smallest absolute Gasteiger partial charge is 0.341 e. The van der Waals surface area contributed by atoms with Crippen molar-refractivity contribution in [2.75, 3.05) is 17.7 Å². The summed E-state index contributed by atoms with van der Waals surface area (Å²) in [7, 11) is 1.42. The van der Waals surface area contributed by atoms with Crippen molar-refractivity contribution in [2.45, 2.75) is 25.7 Å². The first kappa shape index (κ1) is 17.6. The minimum Gasteiger partial charge on any atom is -0.465 e. The highest BCUT2D eigenvalue weighted by Crippen LogP contribution is 2.38. The molecule has 2 aromatic rings. The number of hydrogen-bond donors (Lipinski definition) is 2. The Hall–Kier alpha value is -1.19. The lowest BCUT2D eigenvalue weighted by Gasteiger charge is -2.13. The van der Waals surface area contributed by atoms with Gasteiger partial charge in [0.15, 0.2) is 5.11 Å². The van der Waals surface area contributed by atoms with Crippen molar-refractivity contribution >= 4 is 67.9 Å². The van der Waals surface area contributed by atoms with E-state index in [1.165, 1.54) is 18.4 Å². The van der Waals surface area contributed by atoms with E-state index in [4.69, 9.17) is 17.0 Å². The molecular weight excluding hydrogens is 455 g/mol. The molecule has 0 aliphatic heterocycles. The number of fused-ring (bicyclic) bond motifs is 1. The summed E-state index contributed by atoms with van der Waals surface area (Å²) in [5.41, 5.74) is 2.71. The van der Waals surface area contributed by atoms with Gasteiger partial charge in [-0.3, -0.25) is 0 Å². The Morgan fingerprint density at radius 1 is 1.25 bits per heavy atom. The molecule has 1 aliphatic rings. The summed E-state index contributed by atoms with van der Waals surface area (Å²) in [6.45, 7) is 0. The molecule has 0 fully saturated rings. The maximum absolute atomic E-state index is 12.2. The normalized spacial score (nSPS) is 13.1. The van der Waals surface area contributed by atoms with Gasteiger partial charge in [0, 0.05) is 8.45 Å². The number of benzene rings is 1. The van der Waals surface area contributed by atoms with Crippen LogP contribution in [0.15, 0.2) is 24.3 Å². The summed E-state index contributed by atoms with van der Waals surface area (Å²) in [5, 5.41) is 7.63. The van der Waals surface area contributed by atoms with Crippen LogP contribution in [0, 0.1) is 3.57 Å². The molecule has 126 valence electrons. The third-order valence-electron chi connectivity index (χ3n) is 3.91. The average Bonchev–Trinajstić information content (AvgIpc) is 2.94. The van der Waals surface area contributed by atoms with E-state index in [-0.39, 0.29) is 5.97 Å². The summed E-state index contributed by atoms with van der Waals surface area (Å²) in [5.74, 6) is -0.297. The zero-order valence-corrected chi connectivity index (χ0v) is 16.9. The number of anilines is 2. The number of rotatable bonds is 3. The topological polar surface area (TPSA) is 50.4 Å². The van der Waals surface area contributed by atoms with Crippen LogP contribution in [-0.4, -0.2) is 18.2 Å². The van der Waals surface area contributed by atoms with Gasteiger partial charge in [-0.15, -0.1) is 11.3 Å². The van der Waals surface area contributed by atoms with Crippen molar-refractivity contribution in [2.24, 2.45) is 0 Å². The van der Waals surface area contributed by atoms with Gasteiger partial charge in [0.25, 0.3) is 0 Å². The minimum absolute atomic E-state index is 0.297.